The molecule has 37 heavy (non-hydrogen) atoms. The van der Waals surface area contributed by atoms with Gasteiger partial charge in [0.1, 0.15) is 11.6 Å². The number of carbonyl (C=O) groups is 2. The number of aryl methyl sites for hydroxylation is 1. The molecule has 8 nitrogen and oxygen atoms in total. The van der Waals surface area contributed by atoms with Gasteiger partial charge >= 0.3 is 18.3 Å². The van der Waals surface area contributed by atoms with Gasteiger partial charge < -0.3 is 15.5 Å². The number of alkyl halides is 6. The van der Waals surface area contributed by atoms with Gasteiger partial charge in [0.25, 0.3) is 5.91 Å². The van der Waals surface area contributed by atoms with E-state index in [1.807, 2.05) is 0 Å². The molecule has 0 spiro atoms. The highest BCUT2D eigenvalue weighted by molar-refractivity contribution is 5.95. The van der Waals surface area contributed by atoms with Crippen LogP contribution in [-0.2, 0) is 15.8 Å². The molecule has 15 heteroatoms. The van der Waals surface area contributed by atoms with Crippen LogP contribution in [0.3, 0.4) is 0 Å². The molecule has 1 heterocycles. The topological polar surface area (TPSA) is 96.5 Å². The molecule has 2 aromatic rings. The van der Waals surface area contributed by atoms with Gasteiger partial charge in [-0.15, -0.1) is 0 Å². The summed E-state index contributed by atoms with van der Waals surface area (Å²) in [5.74, 6) is -4.82. The van der Waals surface area contributed by atoms with E-state index in [4.69, 9.17) is 0 Å². The summed E-state index contributed by atoms with van der Waals surface area (Å²) < 4.78 is 91.7. The van der Waals surface area contributed by atoms with Crippen LogP contribution in [0.2, 0.25) is 0 Å². The number of anilines is 2. The Hall–Kier alpha value is -3.65. The number of carbonyl (C=O) groups excluding carboxylic acids is 2. The number of hydrogen-bond acceptors (Lipinski definition) is 7. The molecule has 1 aromatic carbocycles. The Bertz CT molecular complexity index is 1150. The summed E-state index contributed by atoms with van der Waals surface area (Å²) in [6.45, 7) is 1.80. The number of hydrogen-bond donors (Lipinski definition) is 2. The van der Waals surface area contributed by atoms with Crippen LogP contribution in [0.4, 0.5) is 42.5 Å². The number of benzene rings is 1. The van der Waals surface area contributed by atoms with Crippen molar-refractivity contribution in [2.24, 2.45) is 0 Å². The Balaban J connectivity index is 1.80. The molecule has 202 valence electrons. The predicted octanol–water partition coefficient (Wildman–Crippen LogP) is 4.87. The molecule has 1 amide bonds. The highest BCUT2D eigenvalue weighted by atomic mass is 19.4. The summed E-state index contributed by atoms with van der Waals surface area (Å²) in [6, 6.07) is -0.535. The van der Waals surface area contributed by atoms with Crippen molar-refractivity contribution >= 4 is 23.6 Å². The molecule has 0 radical (unpaired) electrons. The summed E-state index contributed by atoms with van der Waals surface area (Å²) in [4.78, 5) is 37.2. The number of rotatable bonds is 5. The van der Waals surface area contributed by atoms with E-state index >= 15 is 0 Å². The van der Waals surface area contributed by atoms with Gasteiger partial charge in [0.05, 0.1) is 11.6 Å². The lowest BCUT2D eigenvalue weighted by molar-refractivity contribution is -0.235. The number of halogens is 7. The molecule has 0 unspecified atom stereocenters. The van der Waals surface area contributed by atoms with Crippen LogP contribution >= 0.6 is 0 Å². The number of aromatic nitrogens is 2. The number of amides is 1. The van der Waals surface area contributed by atoms with Gasteiger partial charge in [-0.1, -0.05) is 0 Å². The van der Waals surface area contributed by atoms with Gasteiger partial charge in [-0.2, -0.15) is 36.4 Å². The van der Waals surface area contributed by atoms with E-state index in [0.717, 1.165) is 5.56 Å². The summed E-state index contributed by atoms with van der Waals surface area (Å²) in [6.07, 6.45) is -8.37. The fourth-order valence-electron chi connectivity index (χ4n) is 3.83. The molecule has 0 bridgehead atoms. The molecule has 0 atom stereocenters. The van der Waals surface area contributed by atoms with Crippen LogP contribution in [0.15, 0.2) is 24.4 Å². The molecular formula is C22H22F7N5O3. The van der Waals surface area contributed by atoms with Crippen molar-refractivity contribution in [3.05, 3.63) is 46.9 Å². The van der Waals surface area contributed by atoms with Crippen LogP contribution in [-0.4, -0.2) is 52.2 Å². The second kappa shape index (κ2) is 10.8. The minimum Gasteiger partial charge on any atom is -0.373 e. The molecular weight excluding hydrogens is 515 g/mol. The molecule has 1 saturated carbocycles. The minimum atomic E-state index is -5.48. The van der Waals surface area contributed by atoms with E-state index in [1.165, 1.54) is 0 Å². The van der Waals surface area contributed by atoms with Gasteiger partial charge in [0.15, 0.2) is 0 Å². The van der Waals surface area contributed by atoms with Crippen LogP contribution in [0.1, 0.15) is 47.2 Å². The highest BCUT2D eigenvalue weighted by Crippen LogP contribution is 2.32. The standard InChI is InChI=1S/C22H22F7N5O3/c1-11-10-31-20(33-17(11)30-2)32-15-3-5-16(6-4-15)34(37-19(36)22(27,28)29)18(35)12-7-13(21(24,25)26)9-14(23)8-12/h7-10,15-16H,3-6H2,1-2H3,(H2,30,31,32,33). The maximum atomic E-state index is 13.8. The summed E-state index contributed by atoms with van der Waals surface area (Å²) in [5.41, 5.74) is -1.65. The SMILES string of the molecule is CNc1nc(NC2CCC(N(OC(=O)C(F)(F)F)C(=O)c3cc(F)cc(C(F)(F)F)c3)CC2)ncc1C. The first-order chi connectivity index (χ1) is 17.2. The molecule has 1 aliphatic rings. The number of nitrogens with zero attached hydrogens (tertiary/aromatic N) is 3. The largest absolute Gasteiger partial charge is 0.493 e. The van der Waals surface area contributed by atoms with Gasteiger partial charge in [0, 0.05) is 30.4 Å². The third-order valence-corrected chi connectivity index (χ3v) is 5.66. The van der Waals surface area contributed by atoms with Crippen molar-refractivity contribution in [3.63, 3.8) is 0 Å². The van der Waals surface area contributed by atoms with Crippen molar-refractivity contribution in [2.75, 3.05) is 17.7 Å². The molecule has 0 aliphatic heterocycles. The van der Waals surface area contributed by atoms with Crippen molar-refractivity contribution in [1.29, 1.82) is 0 Å². The average Bonchev–Trinajstić information content (AvgIpc) is 2.82. The monoisotopic (exact) mass is 537 g/mol. The Morgan fingerprint density at radius 1 is 1.05 bits per heavy atom. The summed E-state index contributed by atoms with van der Waals surface area (Å²) >= 11 is 0. The molecule has 1 aliphatic carbocycles. The maximum Gasteiger partial charge on any atom is 0.493 e. The lowest BCUT2D eigenvalue weighted by Gasteiger charge is -2.35. The third kappa shape index (κ3) is 6.98. The first kappa shape index (κ1) is 27.9. The van der Waals surface area contributed by atoms with E-state index in [2.05, 4.69) is 25.4 Å². The van der Waals surface area contributed by atoms with Crippen molar-refractivity contribution < 1.29 is 45.2 Å². The van der Waals surface area contributed by atoms with Gasteiger partial charge in [-0.25, -0.2) is 14.2 Å². The second-order valence-electron chi connectivity index (χ2n) is 8.36. The minimum absolute atomic E-state index is 0.0146. The van der Waals surface area contributed by atoms with Gasteiger partial charge in [0.2, 0.25) is 5.95 Å². The Morgan fingerprint density at radius 2 is 1.70 bits per heavy atom. The molecule has 3 rings (SSSR count). The van der Waals surface area contributed by atoms with E-state index in [-0.39, 0.29) is 54.9 Å². The van der Waals surface area contributed by atoms with Crippen molar-refractivity contribution in [2.45, 2.75) is 57.0 Å². The zero-order chi connectivity index (χ0) is 27.5. The fraction of sp³-hybridized carbons (Fsp3) is 0.455. The van der Waals surface area contributed by atoms with Crippen LogP contribution in [0.5, 0.6) is 0 Å². The summed E-state index contributed by atoms with van der Waals surface area (Å²) in [7, 11) is 1.68. The average molecular weight is 537 g/mol. The smallest absolute Gasteiger partial charge is 0.373 e. The zero-order valence-corrected chi connectivity index (χ0v) is 19.5. The fourth-order valence-corrected chi connectivity index (χ4v) is 3.83. The lowest BCUT2D eigenvalue weighted by Crippen LogP contribution is -2.47. The highest BCUT2D eigenvalue weighted by Gasteiger charge is 2.45. The van der Waals surface area contributed by atoms with Crippen molar-refractivity contribution in [1.82, 2.24) is 15.0 Å². The van der Waals surface area contributed by atoms with Crippen LogP contribution in [0.25, 0.3) is 0 Å². The molecule has 0 saturated heterocycles. The molecule has 1 fully saturated rings. The van der Waals surface area contributed by atoms with Crippen molar-refractivity contribution in [3.8, 4) is 0 Å². The second-order valence-corrected chi connectivity index (χ2v) is 8.36. The van der Waals surface area contributed by atoms with Gasteiger partial charge in [-0.3, -0.25) is 4.79 Å². The van der Waals surface area contributed by atoms with E-state index < -0.39 is 47.2 Å². The Kier molecular flexibility index (Phi) is 8.12. The number of hydroxylamine groups is 2. The van der Waals surface area contributed by atoms with Crippen LogP contribution in [0, 0.1) is 12.7 Å². The Labute approximate surface area is 206 Å². The molecule has 2 N–H and O–H groups in total. The quantitative estimate of drug-likeness (QED) is 0.415. The van der Waals surface area contributed by atoms with E-state index in [0.29, 0.717) is 11.9 Å². The van der Waals surface area contributed by atoms with E-state index in [1.54, 1.807) is 20.2 Å². The Morgan fingerprint density at radius 3 is 2.27 bits per heavy atom. The third-order valence-electron chi connectivity index (χ3n) is 5.66. The summed E-state index contributed by atoms with van der Waals surface area (Å²) in [5, 5.41) is 6.06. The predicted molar refractivity (Wildman–Crippen MR) is 116 cm³/mol. The molecule has 1 aromatic heterocycles. The maximum absolute atomic E-state index is 13.8. The normalized spacial score (nSPS) is 18.2. The zero-order valence-electron chi connectivity index (χ0n) is 19.5. The first-order valence-electron chi connectivity index (χ1n) is 11.0. The van der Waals surface area contributed by atoms with Gasteiger partial charge in [-0.05, 0) is 50.8 Å². The number of nitrogens with one attached hydrogen (secondary N) is 2. The lowest BCUT2D eigenvalue weighted by atomic mass is 9.90. The van der Waals surface area contributed by atoms with E-state index in [9.17, 15) is 40.3 Å². The first-order valence-corrected chi connectivity index (χ1v) is 11.0. The van der Waals surface area contributed by atoms with Crippen LogP contribution < -0.4 is 10.6 Å².